The maximum atomic E-state index is 13.5. The number of carbonyl (C=O) groups excluding carboxylic acids is 1. The summed E-state index contributed by atoms with van der Waals surface area (Å²) in [6, 6.07) is 21.7. The Kier molecular flexibility index (Phi) is 7.33. The maximum absolute atomic E-state index is 13.5. The highest BCUT2D eigenvalue weighted by Gasteiger charge is 2.17. The predicted molar refractivity (Wildman–Crippen MR) is 153 cm³/mol. The number of rotatable bonds is 6. The average Bonchev–Trinajstić information content (AvgIpc) is 3.34. The molecule has 3 aromatic carbocycles. The first-order valence-electron chi connectivity index (χ1n) is 12.0. The Morgan fingerprint density at radius 1 is 1.03 bits per heavy atom. The Morgan fingerprint density at radius 2 is 1.84 bits per heavy atom. The molecule has 5 rings (SSSR count). The van der Waals surface area contributed by atoms with Crippen LogP contribution >= 0.6 is 15.9 Å². The van der Waals surface area contributed by atoms with E-state index in [2.05, 4.69) is 49.5 Å². The minimum absolute atomic E-state index is 0.169. The second-order valence-corrected chi connectivity index (χ2v) is 9.63. The van der Waals surface area contributed by atoms with Crippen molar-refractivity contribution in [2.24, 2.45) is 5.73 Å². The normalized spacial score (nSPS) is 10.9. The van der Waals surface area contributed by atoms with E-state index in [1.807, 2.05) is 73.9 Å². The summed E-state index contributed by atoms with van der Waals surface area (Å²) in [7, 11) is 1.86. The topological polar surface area (TPSA) is 95.8 Å². The van der Waals surface area contributed by atoms with Crippen LogP contribution in [0.4, 0.5) is 0 Å². The fraction of sp³-hybridized carbons (Fsp3) is 0.133. The van der Waals surface area contributed by atoms with Gasteiger partial charge in [-0.05, 0) is 60.6 Å². The Balaban J connectivity index is 1.57. The van der Waals surface area contributed by atoms with Crippen molar-refractivity contribution in [3.05, 3.63) is 99.7 Å². The van der Waals surface area contributed by atoms with E-state index in [1.54, 1.807) is 0 Å². The summed E-state index contributed by atoms with van der Waals surface area (Å²) in [4.78, 5) is 21.8. The summed E-state index contributed by atoms with van der Waals surface area (Å²) in [5, 5.41) is 7.89. The number of nitrogens with zero attached hydrogens (tertiary/aromatic N) is 1. The second-order valence-electron chi connectivity index (χ2n) is 8.71. The third kappa shape index (κ3) is 5.42. The van der Waals surface area contributed by atoms with Crippen LogP contribution in [0.15, 0.2) is 77.4 Å². The highest BCUT2D eigenvalue weighted by molar-refractivity contribution is 9.10. The van der Waals surface area contributed by atoms with Crippen LogP contribution in [-0.2, 0) is 13.1 Å². The van der Waals surface area contributed by atoms with Gasteiger partial charge in [-0.3, -0.25) is 4.79 Å². The zero-order chi connectivity index (χ0) is 25.8. The third-order valence-corrected chi connectivity index (χ3v) is 6.68. The lowest BCUT2D eigenvalue weighted by atomic mass is 10.0. The molecule has 184 valence electrons. The Morgan fingerprint density at radius 3 is 2.62 bits per heavy atom. The zero-order valence-corrected chi connectivity index (χ0v) is 21.9. The number of benzene rings is 3. The molecule has 0 unspecified atom stereocenters. The molecule has 0 saturated heterocycles. The molecule has 7 heteroatoms. The molecule has 1 amide bonds. The van der Waals surface area contributed by atoms with Crippen molar-refractivity contribution >= 4 is 43.6 Å². The van der Waals surface area contributed by atoms with Gasteiger partial charge in [-0.2, -0.15) is 0 Å². The number of carbonyl (C=O) groups is 1. The molecule has 0 atom stereocenters. The Bertz CT molecular complexity index is 1660. The molecular formula is C30H26BrN5O. The highest BCUT2D eigenvalue weighted by Crippen LogP contribution is 2.32. The van der Waals surface area contributed by atoms with Crippen molar-refractivity contribution in [3.63, 3.8) is 0 Å². The number of fused-ring (bicyclic) bond motifs is 2. The van der Waals surface area contributed by atoms with Crippen molar-refractivity contribution < 1.29 is 4.79 Å². The van der Waals surface area contributed by atoms with Gasteiger partial charge < -0.3 is 21.4 Å². The first-order chi connectivity index (χ1) is 18.1. The summed E-state index contributed by atoms with van der Waals surface area (Å²) in [5.74, 6) is 6.06. The van der Waals surface area contributed by atoms with Crippen molar-refractivity contribution in [2.45, 2.75) is 13.1 Å². The molecular weight excluding hydrogens is 526 g/mol. The third-order valence-electron chi connectivity index (χ3n) is 6.18. The minimum Gasteiger partial charge on any atom is -0.360 e. The van der Waals surface area contributed by atoms with Crippen LogP contribution in [0.5, 0.6) is 0 Å². The fourth-order valence-electron chi connectivity index (χ4n) is 4.24. The van der Waals surface area contributed by atoms with E-state index < -0.39 is 0 Å². The number of nitrogens with one attached hydrogen (secondary N) is 3. The van der Waals surface area contributed by atoms with Crippen LogP contribution in [0.25, 0.3) is 33.1 Å². The van der Waals surface area contributed by atoms with Gasteiger partial charge in [0.2, 0.25) is 0 Å². The second kappa shape index (κ2) is 11.0. The number of aromatic nitrogens is 2. The minimum atomic E-state index is -0.169. The predicted octanol–water partition coefficient (Wildman–Crippen LogP) is 5.11. The highest BCUT2D eigenvalue weighted by atomic mass is 79.9. The quantitative estimate of drug-likeness (QED) is 0.220. The lowest BCUT2D eigenvalue weighted by Crippen LogP contribution is -2.23. The Hall–Kier alpha value is -3.96. The SMILES string of the molecule is CNCC#Cc1ccc2nc(-c3c[nH]c4ccc(Br)cc34)cc(C(=O)NCc3ccc(CN)cc3)c2c1. The summed E-state index contributed by atoms with van der Waals surface area (Å²) >= 11 is 3.56. The van der Waals surface area contributed by atoms with E-state index in [0.717, 1.165) is 54.2 Å². The van der Waals surface area contributed by atoms with E-state index in [4.69, 9.17) is 10.7 Å². The number of nitrogens with two attached hydrogens (primary N) is 1. The number of aromatic amines is 1. The monoisotopic (exact) mass is 551 g/mol. The molecule has 0 bridgehead atoms. The number of halogens is 1. The van der Waals surface area contributed by atoms with Crippen LogP contribution < -0.4 is 16.4 Å². The van der Waals surface area contributed by atoms with E-state index in [0.29, 0.717) is 25.2 Å². The maximum Gasteiger partial charge on any atom is 0.252 e. The van der Waals surface area contributed by atoms with Gasteiger partial charge in [0.1, 0.15) is 0 Å². The first-order valence-corrected chi connectivity index (χ1v) is 12.8. The lowest BCUT2D eigenvalue weighted by molar-refractivity contribution is 0.0952. The average molecular weight is 552 g/mol. The van der Waals surface area contributed by atoms with Crippen LogP contribution in [-0.4, -0.2) is 29.5 Å². The molecule has 0 aliphatic carbocycles. The summed E-state index contributed by atoms with van der Waals surface area (Å²) in [6.45, 7) is 1.48. The molecule has 0 fully saturated rings. The standard InChI is InChI=1S/C30H26BrN5O/c1-33-12-2-3-19-8-10-28-23(13-19)25(30(37)35-17-21-6-4-20(16-32)5-7-21)15-29(36-28)26-18-34-27-11-9-22(31)14-24(26)27/h4-11,13-15,18,33-34H,12,16-17,32H2,1H3,(H,35,37). The van der Waals surface area contributed by atoms with Crippen LogP contribution in [0.2, 0.25) is 0 Å². The van der Waals surface area contributed by atoms with Gasteiger partial charge in [-0.25, -0.2) is 4.98 Å². The lowest BCUT2D eigenvalue weighted by Gasteiger charge is -2.11. The van der Waals surface area contributed by atoms with Crippen LogP contribution in [0.3, 0.4) is 0 Å². The van der Waals surface area contributed by atoms with E-state index in [1.165, 1.54) is 0 Å². The molecule has 2 heterocycles. The van der Waals surface area contributed by atoms with E-state index in [9.17, 15) is 4.79 Å². The van der Waals surface area contributed by atoms with Gasteiger partial charge in [0, 0.05) is 51.2 Å². The van der Waals surface area contributed by atoms with E-state index in [-0.39, 0.29) is 5.91 Å². The van der Waals surface area contributed by atoms with Crippen molar-refractivity contribution in [2.75, 3.05) is 13.6 Å². The van der Waals surface area contributed by atoms with Gasteiger partial charge in [0.05, 0.1) is 23.3 Å². The molecule has 0 saturated carbocycles. The smallest absolute Gasteiger partial charge is 0.252 e. The first kappa shape index (κ1) is 24.7. The molecule has 2 aromatic heterocycles. The summed E-state index contributed by atoms with van der Waals surface area (Å²) < 4.78 is 0.977. The molecule has 0 aliphatic heterocycles. The van der Waals surface area contributed by atoms with Crippen molar-refractivity contribution in [3.8, 4) is 23.1 Å². The van der Waals surface area contributed by atoms with Crippen LogP contribution in [0.1, 0.15) is 27.0 Å². The molecule has 6 nitrogen and oxygen atoms in total. The van der Waals surface area contributed by atoms with Gasteiger partial charge >= 0.3 is 0 Å². The molecule has 0 spiro atoms. The fourth-order valence-corrected chi connectivity index (χ4v) is 4.60. The van der Waals surface area contributed by atoms with Crippen molar-refractivity contribution in [1.29, 1.82) is 0 Å². The zero-order valence-electron chi connectivity index (χ0n) is 20.4. The number of amides is 1. The van der Waals surface area contributed by atoms with Gasteiger partial charge in [-0.15, -0.1) is 0 Å². The number of H-pyrrole nitrogens is 1. The summed E-state index contributed by atoms with van der Waals surface area (Å²) in [6.07, 6.45) is 1.93. The van der Waals surface area contributed by atoms with Gasteiger partial charge in [0.25, 0.3) is 5.91 Å². The molecule has 0 aliphatic rings. The molecule has 0 radical (unpaired) electrons. The van der Waals surface area contributed by atoms with Crippen molar-refractivity contribution in [1.82, 2.24) is 20.6 Å². The Labute approximate surface area is 223 Å². The number of hydrogen-bond donors (Lipinski definition) is 4. The molecule has 5 N–H and O–H groups in total. The largest absolute Gasteiger partial charge is 0.360 e. The van der Waals surface area contributed by atoms with Gasteiger partial charge in [0.15, 0.2) is 0 Å². The van der Waals surface area contributed by atoms with Crippen LogP contribution in [0, 0.1) is 11.8 Å². The summed E-state index contributed by atoms with van der Waals surface area (Å²) in [5.41, 5.74) is 12.5. The van der Waals surface area contributed by atoms with Gasteiger partial charge in [-0.1, -0.05) is 52.0 Å². The number of pyridine rings is 1. The molecule has 37 heavy (non-hydrogen) atoms. The number of hydrogen-bond acceptors (Lipinski definition) is 4. The molecule has 5 aromatic rings. The van der Waals surface area contributed by atoms with E-state index >= 15 is 0 Å².